The second-order valence-electron chi connectivity index (χ2n) is 5.58. The molecule has 1 fully saturated rings. The van der Waals surface area contributed by atoms with Crippen LogP contribution >= 0.6 is 0 Å². The van der Waals surface area contributed by atoms with Crippen LogP contribution in [0.15, 0.2) is 18.2 Å². The second kappa shape index (κ2) is 6.20. The summed E-state index contributed by atoms with van der Waals surface area (Å²) in [6.45, 7) is 6.86. The maximum atomic E-state index is 3.44. The van der Waals surface area contributed by atoms with Crippen LogP contribution in [0.3, 0.4) is 0 Å². The molecule has 1 heteroatoms. The number of hydrogen-bond donors (Lipinski definition) is 1. The molecule has 0 atom stereocenters. The van der Waals surface area contributed by atoms with Crippen LogP contribution in [-0.2, 0) is 6.42 Å². The standard InChI is InChI=1S/C16H25N/c1-13-10-14(2)12-16(11-13)5-3-4-15-6-8-17-9-7-15/h10-12,15,17H,3-9H2,1-2H3. The van der Waals surface area contributed by atoms with Gasteiger partial charge in [0.25, 0.3) is 0 Å². The number of rotatable bonds is 4. The van der Waals surface area contributed by atoms with Crippen molar-refractivity contribution in [3.8, 4) is 0 Å². The molecular formula is C16H25N. The van der Waals surface area contributed by atoms with Crippen LogP contribution < -0.4 is 5.32 Å². The molecule has 0 bridgehead atoms. The van der Waals surface area contributed by atoms with Crippen LogP contribution in [0.25, 0.3) is 0 Å². The highest BCUT2D eigenvalue weighted by Gasteiger charge is 2.12. The van der Waals surface area contributed by atoms with E-state index in [1.165, 1.54) is 61.9 Å². The molecule has 1 saturated heterocycles. The van der Waals surface area contributed by atoms with Crippen LogP contribution in [0.5, 0.6) is 0 Å². The molecule has 1 N–H and O–H groups in total. The fraction of sp³-hybridized carbons (Fsp3) is 0.625. The number of aryl methyl sites for hydroxylation is 3. The molecule has 0 saturated carbocycles. The predicted octanol–water partition coefficient (Wildman–Crippen LogP) is 3.63. The Bertz CT molecular complexity index is 330. The maximum absolute atomic E-state index is 3.44. The molecule has 1 aromatic carbocycles. The Labute approximate surface area is 106 Å². The minimum absolute atomic E-state index is 0.974. The van der Waals surface area contributed by atoms with E-state index < -0.39 is 0 Å². The van der Waals surface area contributed by atoms with Crippen LogP contribution in [0, 0.1) is 19.8 Å². The molecule has 0 aliphatic carbocycles. The predicted molar refractivity (Wildman–Crippen MR) is 74.4 cm³/mol. The van der Waals surface area contributed by atoms with Gasteiger partial charge in [-0.2, -0.15) is 0 Å². The summed E-state index contributed by atoms with van der Waals surface area (Å²) in [5.41, 5.74) is 4.33. The molecule has 1 aromatic rings. The molecule has 0 radical (unpaired) electrons. The third-order valence-corrected chi connectivity index (χ3v) is 3.82. The van der Waals surface area contributed by atoms with Crippen LogP contribution in [-0.4, -0.2) is 13.1 Å². The summed E-state index contributed by atoms with van der Waals surface area (Å²) in [6, 6.07) is 6.95. The zero-order valence-corrected chi connectivity index (χ0v) is 11.3. The summed E-state index contributed by atoms with van der Waals surface area (Å²) in [7, 11) is 0. The Kier molecular flexibility index (Phi) is 4.61. The third kappa shape index (κ3) is 4.16. The normalized spacial score (nSPS) is 17.3. The SMILES string of the molecule is Cc1cc(C)cc(CCCC2CCNCC2)c1. The Morgan fingerprint density at radius 2 is 1.71 bits per heavy atom. The van der Waals surface area contributed by atoms with Gasteiger partial charge in [-0.25, -0.2) is 0 Å². The summed E-state index contributed by atoms with van der Waals surface area (Å²) in [4.78, 5) is 0. The average molecular weight is 231 g/mol. The first-order chi connectivity index (χ1) is 8.24. The molecule has 0 aromatic heterocycles. The Morgan fingerprint density at radius 3 is 2.35 bits per heavy atom. The summed E-state index contributed by atoms with van der Waals surface area (Å²) in [6.07, 6.45) is 6.79. The topological polar surface area (TPSA) is 12.0 Å². The number of benzene rings is 1. The first-order valence-corrected chi connectivity index (χ1v) is 7.02. The smallest absolute Gasteiger partial charge is 0.00463 e. The second-order valence-corrected chi connectivity index (χ2v) is 5.58. The highest BCUT2D eigenvalue weighted by molar-refractivity contribution is 5.28. The summed E-state index contributed by atoms with van der Waals surface area (Å²) in [5, 5.41) is 3.44. The quantitative estimate of drug-likeness (QED) is 0.834. The van der Waals surface area contributed by atoms with Crippen molar-refractivity contribution < 1.29 is 0 Å². The van der Waals surface area contributed by atoms with Crippen molar-refractivity contribution in [1.82, 2.24) is 5.32 Å². The van der Waals surface area contributed by atoms with Gasteiger partial charge in [0.1, 0.15) is 0 Å². The van der Waals surface area contributed by atoms with E-state index in [9.17, 15) is 0 Å². The van der Waals surface area contributed by atoms with E-state index in [4.69, 9.17) is 0 Å². The van der Waals surface area contributed by atoms with Crippen LogP contribution in [0.2, 0.25) is 0 Å². The minimum Gasteiger partial charge on any atom is -0.317 e. The van der Waals surface area contributed by atoms with Crippen molar-refractivity contribution in [2.75, 3.05) is 13.1 Å². The van der Waals surface area contributed by atoms with Gasteiger partial charge in [-0.3, -0.25) is 0 Å². The lowest BCUT2D eigenvalue weighted by atomic mass is 9.91. The van der Waals surface area contributed by atoms with Gasteiger partial charge in [0.05, 0.1) is 0 Å². The van der Waals surface area contributed by atoms with E-state index >= 15 is 0 Å². The Morgan fingerprint density at radius 1 is 1.06 bits per heavy atom. The van der Waals surface area contributed by atoms with Gasteiger partial charge < -0.3 is 5.32 Å². The van der Waals surface area contributed by atoms with Gasteiger partial charge in [-0.1, -0.05) is 35.7 Å². The van der Waals surface area contributed by atoms with Crippen LogP contribution in [0.1, 0.15) is 42.4 Å². The highest BCUT2D eigenvalue weighted by Crippen LogP contribution is 2.20. The number of hydrogen-bond acceptors (Lipinski definition) is 1. The molecule has 94 valence electrons. The van der Waals surface area contributed by atoms with Gasteiger partial charge in [0, 0.05) is 0 Å². The van der Waals surface area contributed by atoms with Crippen molar-refractivity contribution in [2.24, 2.45) is 5.92 Å². The molecule has 1 heterocycles. The van der Waals surface area contributed by atoms with E-state index in [0.29, 0.717) is 0 Å². The van der Waals surface area contributed by atoms with E-state index in [2.05, 4.69) is 37.4 Å². The Balaban J connectivity index is 1.77. The fourth-order valence-electron chi connectivity index (χ4n) is 2.98. The summed E-state index contributed by atoms with van der Waals surface area (Å²) in [5.74, 6) is 0.974. The van der Waals surface area contributed by atoms with E-state index in [-0.39, 0.29) is 0 Å². The molecule has 1 aliphatic heterocycles. The third-order valence-electron chi connectivity index (χ3n) is 3.82. The molecule has 0 spiro atoms. The van der Waals surface area contributed by atoms with Crippen molar-refractivity contribution in [3.05, 3.63) is 34.9 Å². The van der Waals surface area contributed by atoms with E-state index in [1.54, 1.807) is 0 Å². The molecule has 17 heavy (non-hydrogen) atoms. The van der Waals surface area contributed by atoms with Crippen LogP contribution in [0.4, 0.5) is 0 Å². The van der Waals surface area contributed by atoms with Crippen molar-refractivity contribution in [3.63, 3.8) is 0 Å². The highest BCUT2D eigenvalue weighted by atomic mass is 14.9. The lowest BCUT2D eigenvalue weighted by Gasteiger charge is -2.22. The zero-order valence-electron chi connectivity index (χ0n) is 11.3. The van der Waals surface area contributed by atoms with Crippen molar-refractivity contribution >= 4 is 0 Å². The first kappa shape index (κ1) is 12.6. The van der Waals surface area contributed by atoms with Gasteiger partial charge >= 0.3 is 0 Å². The van der Waals surface area contributed by atoms with Gasteiger partial charge in [0.15, 0.2) is 0 Å². The number of piperidine rings is 1. The molecule has 1 nitrogen and oxygen atoms in total. The van der Waals surface area contributed by atoms with Gasteiger partial charge in [0.2, 0.25) is 0 Å². The molecule has 0 amide bonds. The molecule has 1 aliphatic rings. The maximum Gasteiger partial charge on any atom is -0.00463 e. The average Bonchev–Trinajstić information content (AvgIpc) is 2.29. The number of nitrogens with one attached hydrogen (secondary N) is 1. The van der Waals surface area contributed by atoms with E-state index in [0.717, 1.165) is 5.92 Å². The summed E-state index contributed by atoms with van der Waals surface area (Å²) >= 11 is 0. The lowest BCUT2D eigenvalue weighted by molar-refractivity contribution is 0.347. The first-order valence-electron chi connectivity index (χ1n) is 7.02. The molecule has 0 unspecified atom stereocenters. The van der Waals surface area contributed by atoms with Gasteiger partial charge in [-0.05, 0) is 64.1 Å². The van der Waals surface area contributed by atoms with E-state index in [1.807, 2.05) is 0 Å². The largest absolute Gasteiger partial charge is 0.317 e. The monoisotopic (exact) mass is 231 g/mol. The van der Waals surface area contributed by atoms with Crippen molar-refractivity contribution in [2.45, 2.75) is 46.0 Å². The lowest BCUT2D eigenvalue weighted by Crippen LogP contribution is -2.27. The van der Waals surface area contributed by atoms with Gasteiger partial charge in [-0.15, -0.1) is 0 Å². The minimum atomic E-state index is 0.974. The van der Waals surface area contributed by atoms with Crippen molar-refractivity contribution in [1.29, 1.82) is 0 Å². The molecular weight excluding hydrogens is 206 g/mol. The molecule has 2 rings (SSSR count). The zero-order chi connectivity index (χ0) is 12.1. The fourth-order valence-corrected chi connectivity index (χ4v) is 2.98. The summed E-state index contributed by atoms with van der Waals surface area (Å²) < 4.78 is 0. The Hall–Kier alpha value is -0.820.